The van der Waals surface area contributed by atoms with Crippen LogP contribution in [0.3, 0.4) is 0 Å². The van der Waals surface area contributed by atoms with Crippen molar-refractivity contribution < 1.29 is 5.21 Å². The van der Waals surface area contributed by atoms with Crippen molar-refractivity contribution in [3.63, 3.8) is 0 Å². The monoisotopic (exact) mass is 353 g/mol. The third kappa shape index (κ3) is 4.05. The van der Waals surface area contributed by atoms with Crippen molar-refractivity contribution in [3.05, 3.63) is 26.8 Å². The molecule has 0 radical (unpaired) electrons. The lowest BCUT2D eigenvalue weighted by Crippen LogP contribution is -2.24. The van der Waals surface area contributed by atoms with Gasteiger partial charge in [-0.15, -0.1) is 0 Å². The number of oxime groups is 1. The van der Waals surface area contributed by atoms with Gasteiger partial charge in [-0.05, 0) is 47.7 Å². The summed E-state index contributed by atoms with van der Waals surface area (Å²) in [5.41, 5.74) is 6.26. The van der Waals surface area contributed by atoms with E-state index in [2.05, 4.69) is 33.1 Å². The van der Waals surface area contributed by atoms with Crippen LogP contribution in [0.25, 0.3) is 0 Å². The molecular formula is C10H13ClIN3O. The molecule has 1 atom stereocenters. The lowest BCUT2D eigenvalue weighted by Gasteiger charge is -2.15. The van der Waals surface area contributed by atoms with Crippen molar-refractivity contribution in [3.8, 4) is 0 Å². The highest BCUT2D eigenvalue weighted by Gasteiger charge is 2.07. The van der Waals surface area contributed by atoms with Crippen LogP contribution in [0.5, 0.6) is 0 Å². The standard InChI is InChI=1S/C10H13ClIN3O/c1-6(4-10(13)15-16)14-9-3-2-7(12)5-8(9)11/h2-3,5-6,14,16H,4H2,1H3,(H2,13,15). The summed E-state index contributed by atoms with van der Waals surface area (Å²) in [6.07, 6.45) is 0.457. The molecule has 0 aromatic heterocycles. The fraction of sp³-hybridized carbons (Fsp3) is 0.300. The zero-order valence-corrected chi connectivity index (χ0v) is 11.7. The Morgan fingerprint density at radius 1 is 1.69 bits per heavy atom. The molecule has 6 heteroatoms. The second-order valence-electron chi connectivity index (χ2n) is 3.47. The molecule has 0 saturated carbocycles. The summed E-state index contributed by atoms with van der Waals surface area (Å²) in [4.78, 5) is 0. The number of hydrogen-bond acceptors (Lipinski definition) is 3. The summed E-state index contributed by atoms with van der Waals surface area (Å²) in [5.74, 6) is 0.196. The van der Waals surface area contributed by atoms with Crippen molar-refractivity contribution in [2.45, 2.75) is 19.4 Å². The van der Waals surface area contributed by atoms with Gasteiger partial charge in [0.15, 0.2) is 0 Å². The number of nitrogens with zero attached hydrogens (tertiary/aromatic N) is 1. The minimum Gasteiger partial charge on any atom is -0.409 e. The third-order valence-electron chi connectivity index (χ3n) is 1.98. The summed E-state index contributed by atoms with van der Waals surface area (Å²) in [7, 11) is 0. The van der Waals surface area contributed by atoms with E-state index in [4.69, 9.17) is 22.5 Å². The Hall–Kier alpha value is -0.690. The molecular weight excluding hydrogens is 340 g/mol. The van der Waals surface area contributed by atoms with E-state index in [0.717, 1.165) is 9.26 Å². The topological polar surface area (TPSA) is 70.6 Å². The van der Waals surface area contributed by atoms with Crippen molar-refractivity contribution in [1.82, 2.24) is 0 Å². The summed E-state index contributed by atoms with van der Waals surface area (Å²) < 4.78 is 1.08. The van der Waals surface area contributed by atoms with Crippen LogP contribution in [0.15, 0.2) is 23.4 Å². The number of halogens is 2. The molecule has 88 valence electrons. The largest absolute Gasteiger partial charge is 0.409 e. The van der Waals surface area contributed by atoms with Crippen LogP contribution in [-0.2, 0) is 0 Å². The van der Waals surface area contributed by atoms with Crippen molar-refractivity contribution >= 4 is 45.7 Å². The number of rotatable bonds is 4. The summed E-state index contributed by atoms with van der Waals surface area (Å²) in [6, 6.07) is 5.80. The van der Waals surface area contributed by atoms with Gasteiger partial charge in [0.2, 0.25) is 0 Å². The Morgan fingerprint density at radius 3 is 2.94 bits per heavy atom. The van der Waals surface area contributed by atoms with Gasteiger partial charge in [0.05, 0.1) is 10.7 Å². The van der Waals surface area contributed by atoms with Gasteiger partial charge in [-0.2, -0.15) is 0 Å². The smallest absolute Gasteiger partial charge is 0.141 e. The van der Waals surface area contributed by atoms with Gasteiger partial charge in [-0.25, -0.2) is 0 Å². The third-order valence-corrected chi connectivity index (χ3v) is 2.96. The predicted molar refractivity (Wildman–Crippen MR) is 75.3 cm³/mol. The lowest BCUT2D eigenvalue weighted by atomic mass is 10.2. The molecule has 0 amide bonds. The van der Waals surface area contributed by atoms with Crippen molar-refractivity contribution in [2.24, 2.45) is 10.9 Å². The second-order valence-corrected chi connectivity index (χ2v) is 5.12. The van der Waals surface area contributed by atoms with E-state index in [9.17, 15) is 0 Å². The maximum Gasteiger partial charge on any atom is 0.141 e. The molecule has 16 heavy (non-hydrogen) atoms. The molecule has 0 aliphatic carbocycles. The zero-order chi connectivity index (χ0) is 12.1. The lowest BCUT2D eigenvalue weighted by molar-refractivity contribution is 0.316. The second kappa shape index (κ2) is 6.15. The Bertz CT molecular complexity index is 398. The van der Waals surface area contributed by atoms with Gasteiger partial charge in [0, 0.05) is 16.0 Å². The van der Waals surface area contributed by atoms with E-state index in [1.165, 1.54) is 0 Å². The van der Waals surface area contributed by atoms with Gasteiger partial charge >= 0.3 is 0 Å². The Kier molecular flexibility index (Phi) is 5.14. The number of nitrogens with two attached hydrogens (primary N) is 1. The molecule has 0 aliphatic heterocycles. The van der Waals surface area contributed by atoms with Crippen molar-refractivity contribution in [1.29, 1.82) is 0 Å². The molecule has 4 nitrogen and oxygen atoms in total. The molecule has 1 unspecified atom stereocenters. The molecule has 4 N–H and O–H groups in total. The van der Waals surface area contributed by atoms with E-state index in [1.807, 2.05) is 25.1 Å². The molecule has 1 aromatic rings. The van der Waals surface area contributed by atoms with Gasteiger partial charge < -0.3 is 16.3 Å². The molecule has 1 rings (SSSR count). The highest BCUT2D eigenvalue weighted by molar-refractivity contribution is 14.1. The fourth-order valence-corrected chi connectivity index (χ4v) is 2.19. The SMILES string of the molecule is CC(C/C(N)=N/O)Nc1ccc(I)cc1Cl. The van der Waals surface area contributed by atoms with Crippen molar-refractivity contribution in [2.75, 3.05) is 5.32 Å². The molecule has 1 aromatic carbocycles. The summed E-state index contributed by atoms with van der Waals surface area (Å²) >= 11 is 8.26. The fourth-order valence-electron chi connectivity index (χ4n) is 1.28. The van der Waals surface area contributed by atoms with Crippen LogP contribution in [-0.4, -0.2) is 17.1 Å². The van der Waals surface area contributed by atoms with E-state index < -0.39 is 0 Å². The number of benzene rings is 1. The van der Waals surface area contributed by atoms with Crippen LogP contribution in [0.2, 0.25) is 5.02 Å². The van der Waals surface area contributed by atoms with E-state index in [0.29, 0.717) is 11.4 Å². The Morgan fingerprint density at radius 2 is 2.38 bits per heavy atom. The highest BCUT2D eigenvalue weighted by atomic mass is 127. The normalized spacial score (nSPS) is 13.6. The van der Waals surface area contributed by atoms with Gasteiger partial charge in [-0.3, -0.25) is 0 Å². The van der Waals surface area contributed by atoms with Crippen LogP contribution < -0.4 is 11.1 Å². The number of anilines is 1. The van der Waals surface area contributed by atoms with E-state index >= 15 is 0 Å². The molecule has 0 saturated heterocycles. The van der Waals surface area contributed by atoms with Crippen LogP contribution in [0, 0.1) is 3.57 Å². The highest BCUT2D eigenvalue weighted by Crippen LogP contribution is 2.24. The van der Waals surface area contributed by atoms with Crippen LogP contribution >= 0.6 is 34.2 Å². The number of nitrogens with one attached hydrogen (secondary N) is 1. The number of amidine groups is 1. The average Bonchev–Trinajstić information content (AvgIpc) is 2.22. The molecule has 0 spiro atoms. The first-order valence-electron chi connectivity index (χ1n) is 4.71. The Balaban J connectivity index is 2.66. The zero-order valence-electron chi connectivity index (χ0n) is 8.74. The van der Waals surface area contributed by atoms with E-state index in [1.54, 1.807) is 0 Å². The van der Waals surface area contributed by atoms with Gasteiger partial charge in [-0.1, -0.05) is 16.8 Å². The Labute approximate surface area is 113 Å². The summed E-state index contributed by atoms with van der Waals surface area (Å²) in [6.45, 7) is 1.94. The van der Waals surface area contributed by atoms with Crippen LogP contribution in [0.1, 0.15) is 13.3 Å². The first-order chi connectivity index (χ1) is 7.52. The average molecular weight is 354 g/mol. The molecule has 0 aliphatic rings. The predicted octanol–water partition coefficient (Wildman–Crippen LogP) is 2.88. The first-order valence-corrected chi connectivity index (χ1v) is 6.16. The van der Waals surface area contributed by atoms with Crippen LogP contribution in [0.4, 0.5) is 5.69 Å². The molecule has 0 fully saturated rings. The minimum atomic E-state index is 0.0495. The quantitative estimate of drug-likeness (QED) is 0.256. The number of hydrogen-bond donors (Lipinski definition) is 3. The molecule has 0 bridgehead atoms. The van der Waals surface area contributed by atoms with E-state index in [-0.39, 0.29) is 11.9 Å². The van der Waals surface area contributed by atoms with Gasteiger partial charge in [0.25, 0.3) is 0 Å². The maximum absolute atomic E-state index is 8.45. The molecule has 0 heterocycles. The summed E-state index contributed by atoms with van der Waals surface area (Å²) in [5, 5.41) is 15.2. The van der Waals surface area contributed by atoms with Gasteiger partial charge in [0.1, 0.15) is 5.84 Å². The first kappa shape index (κ1) is 13.4. The minimum absolute atomic E-state index is 0.0495. The maximum atomic E-state index is 8.45.